The molecule has 0 spiro atoms. The summed E-state index contributed by atoms with van der Waals surface area (Å²) in [5.74, 6) is -0.467. The molecule has 0 unspecified atom stereocenters. The maximum Gasteiger partial charge on any atom is 0.338 e. The average Bonchev–Trinajstić information content (AvgIpc) is 2.93. The van der Waals surface area contributed by atoms with E-state index < -0.39 is 0 Å². The molecule has 186 valence electrons. The minimum Gasteiger partial charge on any atom is -0.462 e. The maximum atomic E-state index is 12.7. The zero-order valence-electron chi connectivity index (χ0n) is 20.9. The normalized spacial score (nSPS) is 10.5. The quantitative estimate of drug-likeness (QED) is 0.255. The van der Waals surface area contributed by atoms with E-state index in [1.54, 1.807) is 37.0 Å². The van der Waals surface area contributed by atoms with Gasteiger partial charge in [-0.15, -0.1) is 0 Å². The molecule has 6 heteroatoms. The van der Waals surface area contributed by atoms with Crippen LogP contribution in [0, 0.1) is 6.92 Å². The van der Waals surface area contributed by atoms with Crippen molar-refractivity contribution in [2.45, 2.75) is 30.2 Å². The molecule has 0 saturated heterocycles. The van der Waals surface area contributed by atoms with Gasteiger partial charge in [-0.2, -0.15) is 0 Å². The number of hydrogen-bond acceptors (Lipinski definition) is 5. The smallest absolute Gasteiger partial charge is 0.338 e. The van der Waals surface area contributed by atoms with Gasteiger partial charge in [0.15, 0.2) is 0 Å². The lowest BCUT2D eigenvalue weighted by Gasteiger charge is -2.14. The highest BCUT2D eigenvalue weighted by Gasteiger charge is 2.14. The number of nitrogens with one attached hydrogen (secondary N) is 1. The van der Waals surface area contributed by atoms with Gasteiger partial charge in [-0.05, 0) is 84.6 Å². The molecular formula is C31H28N2O3S. The lowest BCUT2D eigenvalue weighted by Crippen LogP contribution is -2.23. The van der Waals surface area contributed by atoms with E-state index in [2.05, 4.69) is 22.9 Å². The highest BCUT2D eigenvalue weighted by Crippen LogP contribution is 2.37. The Kier molecular flexibility index (Phi) is 8.54. The molecule has 0 saturated carbocycles. The standard InChI is InChI=1S/C31H28N2O3S/c1-4-36-31(35)24-14-12-23(13-15-24)22(3)27-10-5-6-11-29(27)37-28-17-16-25(19-21(28)2)30(34)33-20-26-9-7-8-18-32-26/h5-19H,3-4,20H2,1-2H3,(H,33,34). The first-order valence-electron chi connectivity index (χ1n) is 12.0. The van der Waals surface area contributed by atoms with Crippen LogP contribution in [0.2, 0.25) is 0 Å². The van der Waals surface area contributed by atoms with Crippen molar-refractivity contribution < 1.29 is 14.3 Å². The van der Waals surface area contributed by atoms with E-state index in [9.17, 15) is 9.59 Å². The largest absolute Gasteiger partial charge is 0.462 e. The fourth-order valence-electron chi connectivity index (χ4n) is 3.78. The summed E-state index contributed by atoms with van der Waals surface area (Å²) < 4.78 is 5.07. The van der Waals surface area contributed by atoms with Crippen molar-refractivity contribution in [1.29, 1.82) is 0 Å². The van der Waals surface area contributed by atoms with Gasteiger partial charge < -0.3 is 10.1 Å². The molecule has 0 fully saturated rings. The van der Waals surface area contributed by atoms with Crippen molar-refractivity contribution in [3.05, 3.63) is 131 Å². The van der Waals surface area contributed by atoms with E-state index >= 15 is 0 Å². The van der Waals surface area contributed by atoms with Gasteiger partial charge in [0.2, 0.25) is 0 Å². The van der Waals surface area contributed by atoms with E-state index in [0.717, 1.165) is 37.7 Å². The van der Waals surface area contributed by atoms with Gasteiger partial charge in [0.05, 0.1) is 24.4 Å². The predicted molar refractivity (Wildman–Crippen MR) is 148 cm³/mol. The second-order valence-corrected chi connectivity index (χ2v) is 9.44. The Labute approximate surface area is 221 Å². The molecule has 1 aromatic heterocycles. The first-order valence-corrected chi connectivity index (χ1v) is 12.8. The molecule has 0 aliphatic carbocycles. The molecule has 4 rings (SSSR count). The Morgan fingerprint density at radius 1 is 0.892 bits per heavy atom. The monoisotopic (exact) mass is 508 g/mol. The molecule has 0 radical (unpaired) electrons. The second kappa shape index (κ2) is 12.2. The minimum atomic E-state index is -0.333. The molecule has 4 aromatic rings. The van der Waals surface area contributed by atoms with Crippen molar-refractivity contribution in [1.82, 2.24) is 10.3 Å². The fraction of sp³-hybridized carbons (Fsp3) is 0.129. The number of ether oxygens (including phenoxy) is 1. The van der Waals surface area contributed by atoms with E-state index in [4.69, 9.17) is 4.74 Å². The van der Waals surface area contributed by atoms with Crippen LogP contribution in [0.5, 0.6) is 0 Å². The number of pyridine rings is 1. The number of aryl methyl sites for hydroxylation is 1. The number of nitrogens with zero attached hydrogens (tertiary/aromatic N) is 1. The lowest BCUT2D eigenvalue weighted by molar-refractivity contribution is 0.0526. The lowest BCUT2D eigenvalue weighted by atomic mass is 9.98. The summed E-state index contributed by atoms with van der Waals surface area (Å²) in [5, 5.41) is 2.92. The Bertz CT molecular complexity index is 1420. The van der Waals surface area contributed by atoms with Crippen LogP contribution >= 0.6 is 11.8 Å². The van der Waals surface area contributed by atoms with Gasteiger partial charge in [0.1, 0.15) is 0 Å². The SMILES string of the molecule is C=C(c1ccc(C(=O)OCC)cc1)c1ccccc1Sc1ccc(C(=O)NCc2ccccn2)cc1C. The first kappa shape index (κ1) is 25.9. The summed E-state index contributed by atoms with van der Waals surface area (Å²) in [7, 11) is 0. The molecule has 3 aromatic carbocycles. The number of hydrogen-bond donors (Lipinski definition) is 1. The number of aromatic nitrogens is 1. The Hall–Kier alpha value is -4.16. The third-order valence-electron chi connectivity index (χ3n) is 5.77. The first-order chi connectivity index (χ1) is 18.0. The van der Waals surface area contributed by atoms with Crippen molar-refractivity contribution >= 4 is 29.2 Å². The Balaban J connectivity index is 1.48. The van der Waals surface area contributed by atoms with Crippen LogP contribution < -0.4 is 5.32 Å². The van der Waals surface area contributed by atoms with Crippen molar-refractivity contribution in [2.75, 3.05) is 6.61 Å². The summed E-state index contributed by atoms with van der Waals surface area (Å²) >= 11 is 1.63. The van der Waals surface area contributed by atoms with Gasteiger partial charge in [-0.3, -0.25) is 9.78 Å². The second-order valence-electron chi connectivity index (χ2n) is 8.36. The fourth-order valence-corrected chi connectivity index (χ4v) is 4.82. The number of carbonyl (C=O) groups excluding carboxylic acids is 2. The number of rotatable bonds is 9. The number of amides is 1. The highest BCUT2D eigenvalue weighted by atomic mass is 32.2. The van der Waals surface area contributed by atoms with Crippen molar-refractivity contribution in [2.24, 2.45) is 0 Å². The van der Waals surface area contributed by atoms with Gasteiger partial charge in [0, 0.05) is 21.6 Å². The van der Waals surface area contributed by atoms with Crippen LogP contribution in [0.15, 0.2) is 107 Å². The van der Waals surface area contributed by atoms with Crippen LogP contribution in [0.25, 0.3) is 5.57 Å². The van der Waals surface area contributed by atoms with Crippen molar-refractivity contribution in [3.8, 4) is 0 Å². The zero-order chi connectivity index (χ0) is 26.2. The molecule has 37 heavy (non-hydrogen) atoms. The van der Waals surface area contributed by atoms with Crippen LogP contribution in [-0.2, 0) is 11.3 Å². The van der Waals surface area contributed by atoms with E-state index in [1.165, 1.54) is 0 Å². The Morgan fingerprint density at radius 3 is 2.30 bits per heavy atom. The summed E-state index contributed by atoms with van der Waals surface area (Å²) in [4.78, 5) is 31.0. The molecule has 1 N–H and O–H groups in total. The van der Waals surface area contributed by atoms with Crippen LogP contribution in [0.1, 0.15) is 50.0 Å². The summed E-state index contributed by atoms with van der Waals surface area (Å²) in [6.07, 6.45) is 1.71. The van der Waals surface area contributed by atoms with Crippen molar-refractivity contribution in [3.63, 3.8) is 0 Å². The number of esters is 1. The van der Waals surface area contributed by atoms with E-state index in [-0.39, 0.29) is 11.9 Å². The molecule has 1 amide bonds. The third kappa shape index (κ3) is 6.54. The minimum absolute atomic E-state index is 0.134. The third-order valence-corrected chi connectivity index (χ3v) is 7.02. The summed E-state index contributed by atoms with van der Waals surface area (Å²) in [5.41, 5.74) is 5.74. The molecule has 0 aliphatic rings. The van der Waals surface area contributed by atoms with E-state index in [1.807, 2.05) is 73.7 Å². The Morgan fingerprint density at radius 2 is 1.59 bits per heavy atom. The molecule has 0 atom stereocenters. The van der Waals surface area contributed by atoms with Crippen LogP contribution in [0.3, 0.4) is 0 Å². The summed E-state index contributed by atoms with van der Waals surface area (Å²) in [6, 6.07) is 26.7. The summed E-state index contributed by atoms with van der Waals surface area (Å²) in [6.45, 7) is 8.84. The van der Waals surface area contributed by atoms with E-state index in [0.29, 0.717) is 24.3 Å². The number of carbonyl (C=O) groups is 2. The molecule has 1 heterocycles. The average molecular weight is 509 g/mol. The molecular weight excluding hydrogens is 480 g/mol. The highest BCUT2D eigenvalue weighted by molar-refractivity contribution is 7.99. The molecule has 0 bridgehead atoms. The topological polar surface area (TPSA) is 68.3 Å². The molecule has 0 aliphatic heterocycles. The zero-order valence-corrected chi connectivity index (χ0v) is 21.7. The van der Waals surface area contributed by atoms with Crippen LogP contribution in [0.4, 0.5) is 0 Å². The van der Waals surface area contributed by atoms with Gasteiger partial charge >= 0.3 is 5.97 Å². The predicted octanol–water partition coefficient (Wildman–Crippen LogP) is 6.71. The van der Waals surface area contributed by atoms with Gasteiger partial charge in [-0.25, -0.2) is 4.79 Å². The maximum absolute atomic E-state index is 12.7. The van der Waals surface area contributed by atoms with Crippen LogP contribution in [-0.4, -0.2) is 23.5 Å². The van der Waals surface area contributed by atoms with Gasteiger partial charge in [0.25, 0.3) is 5.91 Å². The van der Waals surface area contributed by atoms with Gasteiger partial charge in [-0.1, -0.05) is 54.7 Å². The molecule has 5 nitrogen and oxygen atoms in total. The number of benzene rings is 3.